The first kappa shape index (κ1) is 21.2. The topological polar surface area (TPSA) is 84.2 Å². The van der Waals surface area contributed by atoms with Crippen LogP contribution in [0.25, 0.3) is 11.6 Å². The van der Waals surface area contributed by atoms with Gasteiger partial charge in [-0.1, -0.05) is 30.3 Å². The van der Waals surface area contributed by atoms with Crippen molar-refractivity contribution in [3.8, 4) is 0 Å². The smallest absolute Gasteiger partial charge is 0.255 e. The fourth-order valence-electron chi connectivity index (χ4n) is 3.20. The summed E-state index contributed by atoms with van der Waals surface area (Å²) in [5.41, 5.74) is 7.18. The van der Waals surface area contributed by atoms with E-state index in [1.807, 2.05) is 0 Å². The minimum absolute atomic E-state index is 0.0252. The lowest BCUT2D eigenvalue weighted by Gasteiger charge is -2.11. The van der Waals surface area contributed by atoms with Crippen LogP contribution in [-0.4, -0.2) is 17.9 Å². The van der Waals surface area contributed by atoms with Gasteiger partial charge in [0.2, 0.25) is 0 Å². The van der Waals surface area contributed by atoms with E-state index in [1.165, 1.54) is 12.1 Å². The van der Waals surface area contributed by atoms with E-state index >= 15 is 0 Å². The molecule has 0 aliphatic heterocycles. The number of hydrogen-bond donors (Lipinski definition) is 3. The Bertz CT molecular complexity index is 1180. The number of nitrogens with one attached hydrogen (secondary N) is 2. The molecule has 0 spiro atoms. The Morgan fingerprint density at radius 2 is 1.56 bits per heavy atom. The van der Waals surface area contributed by atoms with Crippen molar-refractivity contribution in [3.05, 3.63) is 95.1 Å². The summed E-state index contributed by atoms with van der Waals surface area (Å²) >= 11 is 0. The lowest BCUT2D eigenvalue weighted by molar-refractivity contribution is -0.115. The van der Waals surface area contributed by atoms with Gasteiger partial charge >= 0.3 is 0 Å². The standard InChI is InChI=1S/C25H21F2N3O2/c26-19-4-3-5-20(27)23(19)18(25(32)29-17-12-13-17)14-15-8-10-16(11-9-15)24(31)30-22-7-2-1-6-21(22)28/h1-11,14,17H,12-13,28H2,(H,29,32)(H,30,31)/b18-14-. The summed E-state index contributed by atoms with van der Waals surface area (Å²) in [4.78, 5) is 25.2. The second-order valence-electron chi connectivity index (χ2n) is 7.57. The maximum atomic E-state index is 14.4. The number of benzene rings is 3. The van der Waals surface area contributed by atoms with E-state index in [2.05, 4.69) is 10.6 Å². The van der Waals surface area contributed by atoms with Crippen molar-refractivity contribution < 1.29 is 18.4 Å². The first-order valence-electron chi connectivity index (χ1n) is 10.2. The molecule has 3 aromatic carbocycles. The van der Waals surface area contributed by atoms with Crippen LogP contribution in [0, 0.1) is 11.6 Å². The molecule has 162 valence electrons. The van der Waals surface area contributed by atoms with Crippen LogP contribution < -0.4 is 16.4 Å². The molecule has 1 aliphatic carbocycles. The highest BCUT2D eigenvalue weighted by Crippen LogP contribution is 2.27. The van der Waals surface area contributed by atoms with E-state index in [4.69, 9.17) is 5.73 Å². The lowest BCUT2D eigenvalue weighted by Crippen LogP contribution is -2.27. The van der Waals surface area contributed by atoms with Crippen LogP contribution in [-0.2, 0) is 4.79 Å². The molecule has 1 saturated carbocycles. The largest absolute Gasteiger partial charge is 0.397 e. The van der Waals surface area contributed by atoms with Gasteiger partial charge in [-0.25, -0.2) is 8.78 Å². The molecule has 3 aromatic rings. The van der Waals surface area contributed by atoms with Crippen LogP contribution >= 0.6 is 0 Å². The number of halogens is 2. The Hall–Kier alpha value is -4.00. The van der Waals surface area contributed by atoms with Crippen LogP contribution in [0.15, 0.2) is 66.7 Å². The highest BCUT2D eigenvalue weighted by atomic mass is 19.1. The van der Waals surface area contributed by atoms with Gasteiger partial charge in [0.1, 0.15) is 11.6 Å². The van der Waals surface area contributed by atoms with E-state index in [0.717, 1.165) is 25.0 Å². The molecule has 1 fully saturated rings. The summed E-state index contributed by atoms with van der Waals surface area (Å²) in [5, 5.41) is 5.50. The van der Waals surface area contributed by atoms with Gasteiger partial charge in [-0.3, -0.25) is 9.59 Å². The molecule has 2 amide bonds. The van der Waals surface area contributed by atoms with Crippen LogP contribution in [0.3, 0.4) is 0 Å². The molecule has 0 aromatic heterocycles. The zero-order valence-electron chi connectivity index (χ0n) is 17.1. The minimum Gasteiger partial charge on any atom is -0.397 e. The quantitative estimate of drug-likeness (QED) is 0.301. The van der Waals surface area contributed by atoms with E-state index in [-0.39, 0.29) is 23.1 Å². The predicted molar refractivity (Wildman–Crippen MR) is 121 cm³/mol. The van der Waals surface area contributed by atoms with Gasteiger partial charge in [-0.05, 0) is 60.9 Å². The van der Waals surface area contributed by atoms with E-state index < -0.39 is 17.5 Å². The Kier molecular flexibility index (Phi) is 5.98. The summed E-state index contributed by atoms with van der Waals surface area (Å²) in [7, 11) is 0. The first-order chi connectivity index (χ1) is 15.4. The van der Waals surface area contributed by atoms with Gasteiger partial charge in [-0.15, -0.1) is 0 Å². The van der Waals surface area contributed by atoms with E-state index in [0.29, 0.717) is 22.5 Å². The number of carbonyl (C=O) groups is 2. The molecule has 7 heteroatoms. The number of nitrogens with two attached hydrogens (primary N) is 1. The SMILES string of the molecule is Nc1ccccc1NC(=O)c1ccc(/C=C(\C(=O)NC2CC2)c2c(F)cccc2F)cc1. The third-order valence-corrected chi connectivity index (χ3v) is 5.08. The average molecular weight is 433 g/mol. The van der Waals surface area contributed by atoms with Crippen LogP contribution in [0.2, 0.25) is 0 Å². The number of hydrogen-bond acceptors (Lipinski definition) is 3. The van der Waals surface area contributed by atoms with E-state index in [9.17, 15) is 18.4 Å². The van der Waals surface area contributed by atoms with Gasteiger partial charge in [0.25, 0.3) is 11.8 Å². The van der Waals surface area contributed by atoms with Gasteiger partial charge in [0.15, 0.2) is 0 Å². The molecule has 0 radical (unpaired) electrons. The third kappa shape index (κ3) is 4.83. The molecule has 0 bridgehead atoms. The van der Waals surface area contributed by atoms with Crippen LogP contribution in [0.4, 0.5) is 20.2 Å². The number of nitrogen functional groups attached to an aromatic ring is 1. The molecule has 4 N–H and O–H groups in total. The monoisotopic (exact) mass is 433 g/mol. The Balaban J connectivity index is 1.61. The molecule has 4 rings (SSSR count). The molecular formula is C25H21F2N3O2. The van der Waals surface area contributed by atoms with Crippen molar-refractivity contribution >= 4 is 34.8 Å². The molecule has 0 unspecified atom stereocenters. The Morgan fingerprint density at radius 1 is 0.906 bits per heavy atom. The number of amides is 2. The van der Waals surface area contributed by atoms with E-state index in [1.54, 1.807) is 48.5 Å². The Labute approximate surface area is 183 Å². The summed E-state index contributed by atoms with van der Waals surface area (Å²) in [6.07, 6.45) is 3.10. The number of para-hydroxylation sites is 2. The predicted octanol–water partition coefficient (Wildman–Crippen LogP) is 4.62. The average Bonchev–Trinajstić information content (AvgIpc) is 3.59. The molecule has 1 aliphatic rings. The second-order valence-corrected chi connectivity index (χ2v) is 7.57. The molecule has 32 heavy (non-hydrogen) atoms. The number of anilines is 2. The fourth-order valence-corrected chi connectivity index (χ4v) is 3.20. The zero-order valence-corrected chi connectivity index (χ0v) is 17.1. The highest BCUT2D eigenvalue weighted by Gasteiger charge is 2.27. The number of rotatable bonds is 6. The van der Waals surface area contributed by atoms with Crippen molar-refractivity contribution in [2.24, 2.45) is 0 Å². The highest BCUT2D eigenvalue weighted by molar-refractivity contribution is 6.24. The van der Waals surface area contributed by atoms with Gasteiger partial charge in [-0.2, -0.15) is 0 Å². The normalized spacial score (nSPS) is 13.5. The molecule has 0 saturated heterocycles. The summed E-state index contributed by atoms with van der Waals surface area (Å²) in [5.74, 6) is -2.54. The minimum atomic E-state index is -0.821. The van der Waals surface area contributed by atoms with Gasteiger partial charge < -0.3 is 16.4 Å². The number of carbonyl (C=O) groups excluding carboxylic acids is 2. The third-order valence-electron chi connectivity index (χ3n) is 5.08. The maximum absolute atomic E-state index is 14.4. The van der Waals surface area contributed by atoms with Crippen molar-refractivity contribution in [1.29, 1.82) is 0 Å². The molecule has 5 nitrogen and oxygen atoms in total. The van der Waals surface area contributed by atoms with Gasteiger partial charge in [0.05, 0.1) is 22.5 Å². The maximum Gasteiger partial charge on any atom is 0.255 e. The summed E-state index contributed by atoms with van der Waals surface area (Å²) in [6.45, 7) is 0. The molecular weight excluding hydrogens is 412 g/mol. The molecule has 0 heterocycles. The Morgan fingerprint density at radius 3 is 2.19 bits per heavy atom. The van der Waals surface area contributed by atoms with Crippen molar-refractivity contribution in [2.75, 3.05) is 11.1 Å². The van der Waals surface area contributed by atoms with Crippen molar-refractivity contribution in [2.45, 2.75) is 18.9 Å². The summed E-state index contributed by atoms with van der Waals surface area (Å²) in [6, 6.07) is 16.7. The molecule has 0 atom stereocenters. The van der Waals surface area contributed by atoms with Gasteiger partial charge in [0, 0.05) is 11.6 Å². The summed E-state index contributed by atoms with van der Waals surface area (Å²) < 4.78 is 28.8. The van der Waals surface area contributed by atoms with Crippen LogP contribution in [0.5, 0.6) is 0 Å². The van der Waals surface area contributed by atoms with Crippen molar-refractivity contribution in [1.82, 2.24) is 5.32 Å². The second kappa shape index (κ2) is 9.01. The van der Waals surface area contributed by atoms with Crippen LogP contribution in [0.1, 0.15) is 34.3 Å². The first-order valence-corrected chi connectivity index (χ1v) is 10.2. The lowest BCUT2D eigenvalue weighted by atomic mass is 10.00. The fraction of sp³-hybridized carbons (Fsp3) is 0.120. The zero-order chi connectivity index (χ0) is 22.7. The van der Waals surface area contributed by atoms with Crippen molar-refractivity contribution in [3.63, 3.8) is 0 Å².